The van der Waals surface area contributed by atoms with E-state index < -0.39 is 12.1 Å². The van der Waals surface area contributed by atoms with Crippen LogP contribution in [0.5, 0.6) is 0 Å². The Morgan fingerprint density at radius 2 is 1.93 bits per heavy atom. The molecule has 2 aromatic heterocycles. The van der Waals surface area contributed by atoms with Crippen molar-refractivity contribution in [1.82, 2.24) is 20.1 Å². The Bertz CT molecular complexity index is 974. The SMILES string of the molecule is CCn1c(SCC(=O)OC(C)C(=O)NC(C)c2ccccc2)nnc1-c1cccs1. The van der Waals surface area contributed by atoms with E-state index in [4.69, 9.17) is 4.74 Å². The number of carbonyl (C=O) groups excluding carboxylic acids is 2. The lowest BCUT2D eigenvalue weighted by Crippen LogP contribution is -2.37. The molecule has 0 aliphatic heterocycles. The highest BCUT2D eigenvalue weighted by atomic mass is 32.2. The Kier molecular flexibility index (Phi) is 7.64. The molecule has 158 valence electrons. The predicted octanol–water partition coefficient (Wildman–Crippen LogP) is 3.93. The highest BCUT2D eigenvalue weighted by Crippen LogP contribution is 2.27. The number of carbonyl (C=O) groups is 2. The Morgan fingerprint density at radius 1 is 1.17 bits per heavy atom. The van der Waals surface area contributed by atoms with E-state index in [1.165, 1.54) is 11.8 Å². The molecule has 0 spiro atoms. The molecule has 0 saturated carbocycles. The minimum atomic E-state index is -0.880. The average Bonchev–Trinajstić information content (AvgIpc) is 3.42. The molecular formula is C21H24N4O3S2. The van der Waals surface area contributed by atoms with Crippen LogP contribution in [0.2, 0.25) is 0 Å². The summed E-state index contributed by atoms with van der Waals surface area (Å²) in [6.45, 7) is 6.15. The van der Waals surface area contributed by atoms with E-state index in [2.05, 4.69) is 15.5 Å². The molecule has 3 aromatic rings. The van der Waals surface area contributed by atoms with E-state index in [1.54, 1.807) is 18.3 Å². The highest BCUT2D eigenvalue weighted by molar-refractivity contribution is 7.99. The number of aromatic nitrogens is 3. The molecule has 3 rings (SSSR count). The van der Waals surface area contributed by atoms with E-state index in [9.17, 15) is 9.59 Å². The van der Waals surface area contributed by atoms with E-state index in [1.807, 2.05) is 66.3 Å². The molecule has 0 aliphatic rings. The second-order valence-electron chi connectivity index (χ2n) is 6.59. The van der Waals surface area contributed by atoms with Crippen LogP contribution in [0.15, 0.2) is 53.0 Å². The van der Waals surface area contributed by atoms with Crippen LogP contribution >= 0.6 is 23.1 Å². The van der Waals surface area contributed by atoms with Gasteiger partial charge in [0.05, 0.1) is 16.7 Å². The maximum atomic E-state index is 12.4. The van der Waals surface area contributed by atoms with Crippen molar-refractivity contribution in [3.63, 3.8) is 0 Å². The molecule has 1 aromatic carbocycles. The number of nitrogens with zero attached hydrogens (tertiary/aromatic N) is 3. The first-order chi connectivity index (χ1) is 14.5. The number of rotatable bonds is 9. The summed E-state index contributed by atoms with van der Waals surface area (Å²) in [6.07, 6.45) is -0.880. The summed E-state index contributed by atoms with van der Waals surface area (Å²) in [5.41, 5.74) is 0.986. The Hall–Kier alpha value is -2.65. The summed E-state index contributed by atoms with van der Waals surface area (Å²) in [5, 5.41) is 13.9. The van der Waals surface area contributed by atoms with E-state index >= 15 is 0 Å². The van der Waals surface area contributed by atoms with Crippen molar-refractivity contribution in [1.29, 1.82) is 0 Å². The van der Waals surface area contributed by atoms with Gasteiger partial charge in [-0.3, -0.25) is 9.59 Å². The predicted molar refractivity (Wildman–Crippen MR) is 118 cm³/mol. The second-order valence-corrected chi connectivity index (χ2v) is 8.48. The number of esters is 1. The minimum absolute atomic E-state index is 0.0500. The van der Waals surface area contributed by atoms with Crippen molar-refractivity contribution in [3.05, 3.63) is 53.4 Å². The van der Waals surface area contributed by atoms with Crippen molar-refractivity contribution >= 4 is 35.0 Å². The third-order valence-electron chi connectivity index (χ3n) is 4.43. The number of thioether (sulfide) groups is 1. The van der Waals surface area contributed by atoms with Gasteiger partial charge in [-0.15, -0.1) is 21.5 Å². The van der Waals surface area contributed by atoms with Gasteiger partial charge in [0.15, 0.2) is 17.1 Å². The molecule has 0 radical (unpaired) electrons. The number of hydrogen-bond donors (Lipinski definition) is 1. The molecule has 1 amide bonds. The number of thiophene rings is 1. The molecule has 7 nitrogen and oxygen atoms in total. The number of benzene rings is 1. The number of amides is 1. The van der Waals surface area contributed by atoms with Gasteiger partial charge in [-0.1, -0.05) is 48.2 Å². The number of hydrogen-bond acceptors (Lipinski definition) is 7. The van der Waals surface area contributed by atoms with Gasteiger partial charge in [0.2, 0.25) is 0 Å². The van der Waals surface area contributed by atoms with Gasteiger partial charge in [-0.2, -0.15) is 0 Å². The normalized spacial score (nSPS) is 12.9. The molecule has 30 heavy (non-hydrogen) atoms. The molecule has 2 unspecified atom stereocenters. The molecule has 2 atom stereocenters. The van der Waals surface area contributed by atoms with Gasteiger partial charge in [-0.05, 0) is 37.8 Å². The first-order valence-corrected chi connectivity index (χ1v) is 11.5. The third kappa shape index (κ3) is 5.48. The van der Waals surface area contributed by atoms with Gasteiger partial charge in [0, 0.05) is 6.54 Å². The van der Waals surface area contributed by atoms with Crippen molar-refractivity contribution in [3.8, 4) is 10.7 Å². The van der Waals surface area contributed by atoms with Crippen LogP contribution in [0.4, 0.5) is 0 Å². The summed E-state index contributed by atoms with van der Waals surface area (Å²) in [5.74, 6) is 0.0276. The minimum Gasteiger partial charge on any atom is -0.452 e. The first-order valence-electron chi connectivity index (χ1n) is 9.64. The van der Waals surface area contributed by atoms with Crippen LogP contribution in [0.25, 0.3) is 10.7 Å². The Morgan fingerprint density at radius 3 is 2.60 bits per heavy atom. The lowest BCUT2D eigenvalue weighted by Gasteiger charge is -2.18. The van der Waals surface area contributed by atoms with Crippen molar-refractivity contribution in [2.24, 2.45) is 0 Å². The topological polar surface area (TPSA) is 86.1 Å². The maximum Gasteiger partial charge on any atom is 0.317 e. The first kappa shape index (κ1) is 22.0. The fourth-order valence-corrected chi connectivity index (χ4v) is 4.33. The van der Waals surface area contributed by atoms with Crippen LogP contribution < -0.4 is 5.32 Å². The molecule has 9 heteroatoms. The fourth-order valence-electron chi connectivity index (χ4n) is 2.83. The monoisotopic (exact) mass is 444 g/mol. The van der Waals surface area contributed by atoms with Crippen LogP contribution in [0.1, 0.15) is 32.4 Å². The van der Waals surface area contributed by atoms with Gasteiger partial charge in [-0.25, -0.2) is 0 Å². The number of nitrogens with one attached hydrogen (secondary N) is 1. The van der Waals surface area contributed by atoms with E-state index in [0.717, 1.165) is 16.3 Å². The summed E-state index contributed by atoms with van der Waals surface area (Å²) in [7, 11) is 0. The third-order valence-corrected chi connectivity index (χ3v) is 6.24. The van der Waals surface area contributed by atoms with Crippen LogP contribution in [-0.2, 0) is 20.9 Å². The Balaban J connectivity index is 1.51. The lowest BCUT2D eigenvalue weighted by atomic mass is 10.1. The fraction of sp³-hybridized carbons (Fsp3) is 0.333. The maximum absolute atomic E-state index is 12.4. The van der Waals surface area contributed by atoms with Crippen LogP contribution in [-0.4, -0.2) is 38.5 Å². The zero-order valence-electron chi connectivity index (χ0n) is 17.1. The lowest BCUT2D eigenvalue weighted by molar-refractivity contribution is -0.152. The van der Waals surface area contributed by atoms with E-state index in [0.29, 0.717) is 11.7 Å². The van der Waals surface area contributed by atoms with Gasteiger partial charge < -0.3 is 14.6 Å². The molecule has 1 N–H and O–H groups in total. The zero-order valence-corrected chi connectivity index (χ0v) is 18.7. The summed E-state index contributed by atoms with van der Waals surface area (Å²) >= 11 is 2.84. The average molecular weight is 445 g/mol. The van der Waals surface area contributed by atoms with E-state index in [-0.39, 0.29) is 17.7 Å². The summed E-state index contributed by atoms with van der Waals surface area (Å²) in [4.78, 5) is 25.6. The summed E-state index contributed by atoms with van der Waals surface area (Å²) < 4.78 is 7.26. The van der Waals surface area contributed by atoms with Gasteiger partial charge in [0.1, 0.15) is 0 Å². The molecular weight excluding hydrogens is 420 g/mol. The number of ether oxygens (including phenoxy) is 1. The van der Waals surface area contributed by atoms with Gasteiger partial charge >= 0.3 is 5.97 Å². The van der Waals surface area contributed by atoms with Crippen LogP contribution in [0.3, 0.4) is 0 Å². The van der Waals surface area contributed by atoms with Crippen molar-refractivity contribution in [2.45, 2.75) is 44.6 Å². The zero-order chi connectivity index (χ0) is 21.5. The largest absolute Gasteiger partial charge is 0.452 e. The van der Waals surface area contributed by atoms with Crippen LogP contribution in [0, 0.1) is 0 Å². The highest BCUT2D eigenvalue weighted by Gasteiger charge is 2.21. The molecule has 0 saturated heterocycles. The second kappa shape index (κ2) is 10.4. The van der Waals surface area contributed by atoms with Crippen molar-refractivity contribution < 1.29 is 14.3 Å². The molecule has 2 heterocycles. The smallest absolute Gasteiger partial charge is 0.317 e. The molecule has 0 bridgehead atoms. The molecule has 0 aliphatic carbocycles. The Labute approximate surface area is 183 Å². The summed E-state index contributed by atoms with van der Waals surface area (Å²) in [6, 6.07) is 13.4. The quantitative estimate of drug-likeness (QED) is 0.398. The van der Waals surface area contributed by atoms with Gasteiger partial charge in [0.25, 0.3) is 5.91 Å². The molecule has 0 fully saturated rings. The van der Waals surface area contributed by atoms with Crippen molar-refractivity contribution in [2.75, 3.05) is 5.75 Å². The standard InChI is InChI=1S/C21H24N4O3S2/c1-4-25-19(17-11-8-12-29-17)23-24-21(25)30-13-18(26)28-15(3)20(27)22-14(2)16-9-6-5-7-10-16/h5-12,14-15H,4,13H2,1-3H3,(H,22,27).